The Kier molecular flexibility index (Phi) is 2.78. The zero-order valence-electron chi connectivity index (χ0n) is 6.86. The van der Waals surface area contributed by atoms with Gasteiger partial charge in [-0.25, -0.2) is 0 Å². The highest BCUT2D eigenvalue weighted by molar-refractivity contribution is 5.26. The minimum Gasteiger partial charge on any atom is -0.192 e. The first-order valence-corrected chi connectivity index (χ1v) is 3.69. The van der Waals surface area contributed by atoms with E-state index in [1.54, 1.807) is 7.05 Å². The maximum atomic E-state index is 3.93. The zero-order chi connectivity index (χ0) is 8.10. The molecular weight excluding hydrogens is 136 g/mol. The molecule has 1 aliphatic rings. The molecule has 0 saturated carbocycles. The Bertz CT molecular complexity index is 234. The lowest BCUT2D eigenvalue weighted by Crippen LogP contribution is -1.78. The van der Waals surface area contributed by atoms with Crippen LogP contribution in [0.4, 0.5) is 0 Å². The molecule has 0 saturated heterocycles. The number of hydrogen-bond acceptors (Lipinski definition) is 2. The van der Waals surface area contributed by atoms with E-state index in [1.165, 1.54) is 0 Å². The molecule has 1 unspecified atom stereocenters. The summed E-state index contributed by atoms with van der Waals surface area (Å²) < 4.78 is 0. The molecule has 1 aliphatic carbocycles. The highest BCUT2D eigenvalue weighted by Crippen LogP contribution is 2.10. The topological polar surface area (TPSA) is 24.7 Å². The molecule has 0 aromatic rings. The molecule has 58 valence electrons. The molecule has 0 aromatic carbocycles. The highest BCUT2D eigenvalue weighted by atomic mass is 15.1. The van der Waals surface area contributed by atoms with Crippen molar-refractivity contribution in [2.45, 2.75) is 6.92 Å². The van der Waals surface area contributed by atoms with Gasteiger partial charge in [0.25, 0.3) is 0 Å². The zero-order valence-corrected chi connectivity index (χ0v) is 6.86. The van der Waals surface area contributed by atoms with E-state index >= 15 is 0 Å². The molecule has 0 amide bonds. The van der Waals surface area contributed by atoms with Gasteiger partial charge in [-0.2, -0.15) is 10.2 Å². The van der Waals surface area contributed by atoms with E-state index in [-0.39, 0.29) is 0 Å². The Morgan fingerprint density at radius 3 is 2.91 bits per heavy atom. The van der Waals surface area contributed by atoms with Crippen molar-refractivity contribution in [3.63, 3.8) is 0 Å². The lowest BCUT2D eigenvalue weighted by Gasteiger charge is -1.91. The van der Waals surface area contributed by atoms with Crippen LogP contribution in [0.3, 0.4) is 0 Å². The molecule has 0 fully saturated rings. The summed E-state index contributed by atoms with van der Waals surface area (Å²) in [6.45, 7) is 2.13. The molecule has 0 heterocycles. The van der Waals surface area contributed by atoms with Gasteiger partial charge in [0.1, 0.15) is 0 Å². The molecule has 11 heavy (non-hydrogen) atoms. The number of hydrogen-bond donors (Lipinski definition) is 0. The van der Waals surface area contributed by atoms with Crippen LogP contribution in [0.1, 0.15) is 6.92 Å². The lowest BCUT2D eigenvalue weighted by molar-refractivity contribution is 0.940. The lowest BCUT2D eigenvalue weighted by atomic mass is 10.2. The van der Waals surface area contributed by atoms with Crippen molar-refractivity contribution in [3.05, 3.63) is 36.1 Å². The molecule has 0 bridgehead atoms. The minimum absolute atomic E-state index is 0.496. The molecule has 0 aromatic heterocycles. The maximum Gasteiger partial charge on any atom is 0.0849 e. The Hall–Kier alpha value is -1.18. The standard InChI is InChI=1S/C9H12N2/c1-8-4-3-5-9(7-6-8)11-10-2/h3-8H,1-2H3/b11-10+. The van der Waals surface area contributed by atoms with Crippen molar-refractivity contribution >= 4 is 0 Å². The molecule has 1 rings (SSSR count). The summed E-state index contributed by atoms with van der Waals surface area (Å²) in [5.74, 6) is 0.496. The van der Waals surface area contributed by atoms with Crippen molar-refractivity contribution in [3.8, 4) is 0 Å². The first-order chi connectivity index (χ1) is 5.33. The van der Waals surface area contributed by atoms with Crippen LogP contribution in [0, 0.1) is 5.92 Å². The Morgan fingerprint density at radius 1 is 1.36 bits per heavy atom. The molecule has 0 N–H and O–H groups in total. The van der Waals surface area contributed by atoms with Gasteiger partial charge in [-0.1, -0.05) is 25.2 Å². The van der Waals surface area contributed by atoms with Gasteiger partial charge < -0.3 is 0 Å². The second-order valence-corrected chi connectivity index (χ2v) is 2.49. The molecule has 2 nitrogen and oxygen atoms in total. The van der Waals surface area contributed by atoms with E-state index in [0.29, 0.717) is 5.92 Å². The average Bonchev–Trinajstić information content (AvgIpc) is 2.17. The van der Waals surface area contributed by atoms with Crippen molar-refractivity contribution in [2.24, 2.45) is 16.1 Å². The molecule has 0 aliphatic heterocycles. The second-order valence-electron chi connectivity index (χ2n) is 2.49. The van der Waals surface area contributed by atoms with E-state index in [2.05, 4.69) is 29.3 Å². The normalized spacial score (nSPS) is 23.8. The quantitative estimate of drug-likeness (QED) is 0.511. The van der Waals surface area contributed by atoms with Gasteiger partial charge in [0.2, 0.25) is 0 Å². The van der Waals surface area contributed by atoms with E-state index < -0.39 is 0 Å². The predicted molar refractivity (Wildman–Crippen MR) is 46.3 cm³/mol. The van der Waals surface area contributed by atoms with Crippen LogP contribution in [-0.4, -0.2) is 7.05 Å². The van der Waals surface area contributed by atoms with Gasteiger partial charge in [0.15, 0.2) is 0 Å². The van der Waals surface area contributed by atoms with Crippen molar-refractivity contribution in [1.29, 1.82) is 0 Å². The van der Waals surface area contributed by atoms with Gasteiger partial charge in [0, 0.05) is 7.05 Å². The van der Waals surface area contributed by atoms with Crippen molar-refractivity contribution in [2.75, 3.05) is 7.05 Å². The molecule has 0 spiro atoms. The molecule has 2 heteroatoms. The summed E-state index contributed by atoms with van der Waals surface area (Å²) in [5, 5.41) is 7.62. The van der Waals surface area contributed by atoms with E-state index in [1.807, 2.05) is 18.2 Å². The predicted octanol–water partition coefficient (Wildman–Crippen LogP) is 2.71. The van der Waals surface area contributed by atoms with Gasteiger partial charge in [-0.05, 0) is 18.1 Å². The Morgan fingerprint density at radius 2 is 2.18 bits per heavy atom. The van der Waals surface area contributed by atoms with Crippen molar-refractivity contribution in [1.82, 2.24) is 0 Å². The average molecular weight is 148 g/mol. The maximum absolute atomic E-state index is 3.93. The summed E-state index contributed by atoms with van der Waals surface area (Å²) in [6.07, 6.45) is 10.2. The molecular formula is C9H12N2. The summed E-state index contributed by atoms with van der Waals surface area (Å²) in [5.41, 5.74) is 0.910. The fraction of sp³-hybridized carbons (Fsp3) is 0.333. The van der Waals surface area contributed by atoms with Gasteiger partial charge in [-0.15, -0.1) is 0 Å². The number of azo groups is 1. The number of nitrogens with zero attached hydrogens (tertiary/aromatic N) is 2. The van der Waals surface area contributed by atoms with Crippen LogP contribution in [-0.2, 0) is 0 Å². The molecule has 1 atom stereocenters. The van der Waals surface area contributed by atoms with E-state index in [0.717, 1.165) is 5.70 Å². The Labute approximate surface area is 67.0 Å². The fourth-order valence-corrected chi connectivity index (χ4v) is 0.882. The third kappa shape index (κ3) is 2.50. The highest BCUT2D eigenvalue weighted by Gasteiger charge is 1.94. The van der Waals surface area contributed by atoms with E-state index in [4.69, 9.17) is 0 Å². The van der Waals surface area contributed by atoms with Crippen LogP contribution in [0.25, 0.3) is 0 Å². The van der Waals surface area contributed by atoms with Gasteiger partial charge in [-0.3, -0.25) is 0 Å². The van der Waals surface area contributed by atoms with Gasteiger partial charge >= 0.3 is 0 Å². The second kappa shape index (κ2) is 3.86. The molecule has 0 radical (unpaired) electrons. The number of allylic oxidation sites excluding steroid dienone is 5. The van der Waals surface area contributed by atoms with Crippen LogP contribution in [0.15, 0.2) is 46.3 Å². The number of rotatable bonds is 1. The van der Waals surface area contributed by atoms with Crippen molar-refractivity contribution < 1.29 is 0 Å². The third-order valence-corrected chi connectivity index (χ3v) is 1.47. The van der Waals surface area contributed by atoms with E-state index in [9.17, 15) is 0 Å². The summed E-state index contributed by atoms with van der Waals surface area (Å²) in [7, 11) is 1.67. The van der Waals surface area contributed by atoms with Gasteiger partial charge in [0.05, 0.1) is 5.70 Å². The third-order valence-electron chi connectivity index (χ3n) is 1.47. The van der Waals surface area contributed by atoms with Crippen LogP contribution in [0.5, 0.6) is 0 Å². The fourth-order valence-electron chi connectivity index (χ4n) is 0.882. The first kappa shape index (κ1) is 7.92. The smallest absolute Gasteiger partial charge is 0.0849 e. The Balaban J connectivity index is 2.76. The van der Waals surface area contributed by atoms with Crippen LogP contribution in [0.2, 0.25) is 0 Å². The van der Waals surface area contributed by atoms with Crippen LogP contribution >= 0.6 is 0 Å². The first-order valence-electron chi connectivity index (χ1n) is 3.69. The summed E-state index contributed by atoms with van der Waals surface area (Å²) in [4.78, 5) is 0. The SMILES string of the molecule is C/N=N/C1=CC=CC(C)C=C1. The largest absolute Gasteiger partial charge is 0.192 e. The monoisotopic (exact) mass is 148 g/mol. The summed E-state index contributed by atoms with van der Waals surface area (Å²) in [6, 6.07) is 0. The minimum atomic E-state index is 0.496. The summed E-state index contributed by atoms with van der Waals surface area (Å²) >= 11 is 0. The van der Waals surface area contributed by atoms with Crippen LogP contribution < -0.4 is 0 Å².